The summed E-state index contributed by atoms with van der Waals surface area (Å²) in [5.41, 5.74) is 1.37. The van der Waals surface area contributed by atoms with Gasteiger partial charge in [0.2, 0.25) is 0 Å². The molecule has 1 aromatic carbocycles. The largest absolute Gasteiger partial charge is 0.410 e. The van der Waals surface area contributed by atoms with E-state index in [0.29, 0.717) is 5.69 Å². The number of rotatable bonds is 2. The predicted octanol–water partition coefficient (Wildman–Crippen LogP) is 3.53. The maximum atomic E-state index is 13.3. The van der Waals surface area contributed by atoms with E-state index in [0.717, 1.165) is 10.4 Å². The van der Waals surface area contributed by atoms with Gasteiger partial charge in [-0.15, -0.1) is 0 Å². The van der Waals surface area contributed by atoms with Gasteiger partial charge in [0.05, 0.1) is 11.4 Å². The molecule has 3 heterocycles. The van der Waals surface area contributed by atoms with Crippen LogP contribution in [0.2, 0.25) is 0 Å². The molecule has 9 heteroatoms. The van der Waals surface area contributed by atoms with Gasteiger partial charge in [-0.25, -0.2) is 9.36 Å². The van der Waals surface area contributed by atoms with E-state index in [9.17, 15) is 18.0 Å². The number of halogens is 3. The Labute approximate surface area is 152 Å². The highest BCUT2D eigenvalue weighted by atomic mass is 19.4. The molecule has 2 aromatic heterocycles. The van der Waals surface area contributed by atoms with Crippen LogP contribution in [-0.4, -0.2) is 38.2 Å². The number of fused-ring (bicyclic) bond motifs is 1. The number of carbonyl (C=O) groups excluding carboxylic acids is 1. The van der Waals surface area contributed by atoms with Crippen LogP contribution in [-0.2, 0) is 0 Å². The topological polar surface area (TPSA) is 56.0 Å². The number of hydrogen-bond donors (Lipinski definition) is 0. The molecule has 0 fully saturated rings. The van der Waals surface area contributed by atoms with Crippen molar-refractivity contribution in [2.24, 2.45) is 0 Å². The van der Waals surface area contributed by atoms with Crippen LogP contribution in [0.15, 0.2) is 48.7 Å². The van der Waals surface area contributed by atoms with Crippen LogP contribution < -0.4 is 4.90 Å². The highest BCUT2D eigenvalue weighted by molar-refractivity contribution is 6.04. The molecule has 0 radical (unpaired) electrons. The van der Waals surface area contributed by atoms with Crippen LogP contribution >= 0.6 is 0 Å². The molecule has 1 aliphatic rings. The smallest absolute Gasteiger partial charge is 0.291 e. The number of benzene rings is 1. The summed E-state index contributed by atoms with van der Waals surface area (Å²) >= 11 is 0. The summed E-state index contributed by atoms with van der Waals surface area (Å²) in [7, 11) is 0. The Bertz CT molecular complexity index is 977. The minimum atomic E-state index is -4.42. The lowest BCUT2D eigenvalue weighted by Crippen LogP contribution is -2.43. The van der Waals surface area contributed by atoms with Crippen molar-refractivity contribution in [1.82, 2.24) is 19.6 Å². The first-order valence-electron chi connectivity index (χ1n) is 8.40. The molecule has 0 saturated carbocycles. The van der Waals surface area contributed by atoms with Gasteiger partial charge in [0.15, 0.2) is 11.7 Å². The Morgan fingerprint density at radius 1 is 1.15 bits per heavy atom. The Morgan fingerprint density at radius 2 is 1.89 bits per heavy atom. The zero-order chi connectivity index (χ0) is 19.2. The fourth-order valence-electron chi connectivity index (χ4n) is 3.23. The minimum Gasteiger partial charge on any atom is -0.291 e. The summed E-state index contributed by atoms with van der Waals surface area (Å²) in [6.45, 7) is 1.55. The van der Waals surface area contributed by atoms with Crippen molar-refractivity contribution < 1.29 is 18.0 Å². The third-order valence-corrected chi connectivity index (χ3v) is 4.49. The molecule has 0 aliphatic carbocycles. The molecule has 1 aliphatic heterocycles. The predicted molar refractivity (Wildman–Crippen MR) is 91.9 cm³/mol. The highest BCUT2D eigenvalue weighted by Gasteiger charge is 2.46. The lowest BCUT2D eigenvalue weighted by atomic mass is 10.1. The van der Waals surface area contributed by atoms with Gasteiger partial charge in [0, 0.05) is 18.8 Å². The quantitative estimate of drug-likeness (QED) is 0.689. The van der Waals surface area contributed by atoms with Crippen molar-refractivity contribution in [3.05, 3.63) is 60.0 Å². The number of aryl methyl sites for hydroxylation is 1. The molecule has 1 amide bonds. The van der Waals surface area contributed by atoms with E-state index >= 15 is 0 Å². The fourth-order valence-corrected chi connectivity index (χ4v) is 3.23. The van der Waals surface area contributed by atoms with Crippen molar-refractivity contribution in [3.8, 4) is 5.69 Å². The average Bonchev–Trinajstić information content (AvgIpc) is 3.26. The summed E-state index contributed by atoms with van der Waals surface area (Å²) in [5.74, 6) is -0.313. The lowest BCUT2D eigenvalue weighted by molar-refractivity contribution is -0.172. The second kappa shape index (κ2) is 6.26. The maximum Gasteiger partial charge on any atom is 0.410 e. The van der Waals surface area contributed by atoms with Crippen LogP contribution in [0.1, 0.15) is 28.6 Å². The van der Waals surface area contributed by atoms with E-state index in [1.54, 1.807) is 23.9 Å². The molecule has 1 unspecified atom stereocenters. The standard InChI is InChI=1S/C18H16F3N5O/c1-12-11-16-24(9-8-15(18(19,20)21)26(16)22-12)17(27)14-7-10-25(23-14)13-5-3-2-4-6-13/h2-7,10-11,15H,8-9H2,1H3. The summed E-state index contributed by atoms with van der Waals surface area (Å²) in [5, 5.41) is 8.23. The molecule has 0 saturated heterocycles. The molecule has 27 heavy (non-hydrogen) atoms. The molecule has 0 spiro atoms. The van der Waals surface area contributed by atoms with E-state index < -0.39 is 18.1 Å². The van der Waals surface area contributed by atoms with Crippen LogP contribution in [0.25, 0.3) is 5.69 Å². The molecule has 6 nitrogen and oxygen atoms in total. The van der Waals surface area contributed by atoms with Crippen molar-refractivity contribution in [3.63, 3.8) is 0 Å². The van der Waals surface area contributed by atoms with Gasteiger partial charge < -0.3 is 0 Å². The van der Waals surface area contributed by atoms with E-state index in [1.165, 1.54) is 11.0 Å². The molecule has 4 rings (SSSR count). The van der Waals surface area contributed by atoms with Gasteiger partial charge >= 0.3 is 6.18 Å². The Kier molecular flexibility index (Phi) is 4.01. The van der Waals surface area contributed by atoms with Gasteiger partial charge in [-0.05, 0) is 31.5 Å². The third-order valence-electron chi connectivity index (χ3n) is 4.49. The van der Waals surface area contributed by atoms with Crippen molar-refractivity contribution in [2.75, 3.05) is 11.4 Å². The van der Waals surface area contributed by atoms with E-state index in [1.807, 2.05) is 30.3 Å². The first-order chi connectivity index (χ1) is 12.8. The number of amides is 1. The molecule has 3 aromatic rings. The summed E-state index contributed by atoms with van der Waals surface area (Å²) < 4.78 is 42.3. The molecular weight excluding hydrogens is 359 g/mol. The van der Waals surface area contributed by atoms with Gasteiger partial charge in [-0.1, -0.05) is 18.2 Å². The summed E-state index contributed by atoms with van der Waals surface area (Å²) in [4.78, 5) is 14.2. The second-order valence-electron chi connectivity index (χ2n) is 6.37. The van der Waals surface area contributed by atoms with Crippen LogP contribution in [0.4, 0.5) is 19.0 Å². The van der Waals surface area contributed by atoms with Crippen molar-refractivity contribution in [1.29, 1.82) is 0 Å². The number of para-hydroxylation sites is 1. The van der Waals surface area contributed by atoms with E-state index in [-0.39, 0.29) is 24.5 Å². The fraction of sp³-hybridized carbons (Fsp3) is 0.278. The minimum absolute atomic E-state index is 0.0493. The van der Waals surface area contributed by atoms with Crippen molar-refractivity contribution in [2.45, 2.75) is 25.6 Å². The molecule has 0 bridgehead atoms. The maximum absolute atomic E-state index is 13.3. The number of aromatic nitrogens is 4. The zero-order valence-corrected chi connectivity index (χ0v) is 14.4. The van der Waals surface area contributed by atoms with Gasteiger partial charge in [0.25, 0.3) is 5.91 Å². The normalized spacial score (nSPS) is 17.0. The lowest BCUT2D eigenvalue weighted by Gasteiger charge is -2.33. The van der Waals surface area contributed by atoms with Crippen molar-refractivity contribution >= 4 is 11.7 Å². The Morgan fingerprint density at radius 3 is 2.59 bits per heavy atom. The van der Waals surface area contributed by atoms with Crippen LogP contribution in [0.3, 0.4) is 0 Å². The average molecular weight is 375 g/mol. The monoisotopic (exact) mass is 375 g/mol. The third kappa shape index (κ3) is 3.09. The van der Waals surface area contributed by atoms with Crippen LogP contribution in [0, 0.1) is 6.92 Å². The second-order valence-corrected chi connectivity index (χ2v) is 6.37. The molecule has 140 valence electrons. The van der Waals surface area contributed by atoms with Gasteiger partial charge in [-0.3, -0.25) is 9.69 Å². The Balaban J connectivity index is 1.66. The number of anilines is 1. The Hall–Kier alpha value is -3.10. The number of carbonyl (C=O) groups is 1. The highest BCUT2D eigenvalue weighted by Crippen LogP contribution is 2.39. The molecule has 1 atom stereocenters. The first-order valence-corrected chi connectivity index (χ1v) is 8.40. The van der Waals surface area contributed by atoms with Crippen LogP contribution in [0.5, 0.6) is 0 Å². The van der Waals surface area contributed by atoms with Gasteiger partial charge in [0.1, 0.15) is 5.82 Å². The number of hydrogen-bond acceptors (Lipinski definition) is 3. The molecular formula is C18H16F3N5O. The van der Waals surface area contributed by atoms with Gasteiger partial charge in [-0.2, -0.15) is 23.4 Å². The SMILES string of the molecule is Cc1cc2n(n1)C(C(F)(F)F)CCN2C(=O)c1ccn(-c2ccccc2)n1. The first kappa shape index (κ1) is 17.3. The zero-order valence-electron chi connectivity index (χ0n) is 14.4. The summed E-state index contributed by atoms with van der Waals surface area (Å²) in [6, 6.07) is 10.6. The summed E-state index contributed by atoms with van der Waals surface area (Å²) in [6.07, 6.45) is -3.02. The molecule has 0 N–H and O–H groups in total. The number of nitrogens with zero attached hydrogens (tertiary/aromatic N) is 5. The number of alkyl halides is 3. The van der Waals surface area contributed by atoms with E-state index in [4.69, 9.17) is 0 Å². The van der Waals surface area contributed by atoms with E-state index in [2.05, 4.69) is 10.2 Å².